The molecule has 2 aromatic rings. The normalized spacial score (nSPS) is 16.2. The highest BCUT2D eigenvalue weighted by Gasteiger charge is 2.20. The number of hydrazone groups is 1. The molecule has 142 valence electrons. The van der Waals surface area contributed by atoms with Gasteiger partial charge in [0, 0.05) is 29.7 Å². The minimum Gasteiger partial charge on any atom is -0.474 e. The van der Waals surface area contributed by atoms with Crippen LogP contribution in [-0.2, 0) is 18.2 Å². The second-order valence-electron chi connectivity index (χ2n) is 6.98. The van der Waals surface area contributed by atoms with Crippen LogP contribution in [-0.4, -0.2) is 28.4 Å². The lowest BCUT2D eigenvalue weighted by Gasteiger charge is -2.19. The molecular formula is C21H24ClN3O2. The van der Waals surface area contributed by atoms with Crippen molar-refractivity contribution in [3.8, 4) is 0 Å². The van der Waals surface area contributed by atoms with Crippen LogP contribution in [0, 0.1) is 6.92 Å². The Kier molecular flexibility index (Phi) is 5.71. The monoisotopic (exact) mass is 385 g/mol. The van der Waals surface area contributed by atoms with Crippen molar-refractivity contribution in [2.45, 2.75) is 39.3 Å². The van der Waals surface area contributed by atoms with E-state index in [-0.39, 0.29) is 17.9 Å². The summed E-state index contributed by atoms with van der Waals surface area (Å²) in [4.78, 5) is 12.9. The number of hydrogen-bond donors (Lipinski definition) is 1. The van der Waals surface area contributed by atoms with Gasteiger partial charge in [-0.1, -0.05) is 17.7 Å². The molecule has 1 aromatic heterocycles. The summed E-state index contributed by atoms with van der Waals surface area (Å²) in [7, 11) is 1.93. The molecule has 0 aliphatic carbocycles. The molecule has 6 heteroatoms. The lowest BCUT2D eigenvalue weighted by molar-refractivity contribution is 0.103. The largest absolute Gasteiger partial charge is 0.474 e. The van der Waals surface area contributed by atoms with Crippen molar-refractivity contribution in [2.24, 2.45) is 12.1 Å². The first-order chi connectivity index (χ1) is 12.8. The van der Waals surface area contributed by atoms with Crippen molar-refractivity contribution in [3.05, 3.63) is 70.0 Å². The molecule has 0 amide bonds. The maximum atomic E-state index is 12.9. The number of rotatable bonds is 5. The number of ketones is 1. The average molecular weight is 386 g/mol. The molecule has 0 fully saturated rings. The molecule has 2 heterocycles. The topological polar surface area (TPSA) is 55.6 Å². The Morgan fingerprint density at radius 3 is 2.63 bits per heavy atom. The molecule has 1 atom stereocenters. The molecule has 1 aliphatic heterocycles. The minimum absolute atomic E-state index is 0.00398. The standard InChI is InChI=1S/C21H24ClN3O2/c1-13(2)27-19-10-9-17(23-24-19)12-18-11-14(3)20(25(18)4)21(26)15-5-7-16(22)8-6-15/h5-11,13,17,23H,12H2,1-4H3. The quantitative estimate of drug-likeness (QED) is 0.790. The summed E-state index contributed by atoms with van der Waals surface area (Å²) in [6.07, 6.45) is 4.73. The highest BCUT2D eigenvalue weighted by molar-refractivity contribution is 6.30. The third-order valence-electron chi connectivity index (χ3n) is 4.44. The molecule has 27 heavy (non-hydrogen) atoms. The Morgan fingerprint density at radius 2 is 2.04 bits per heavy atom. The van der Waals surface area contributed by atoms with Crippen molar-refractivity contribution >= 4 is 23.3 Å². The van der Waals surface area contributed by atoms with Crippen LogP contribution in [0.15, 0.2) is 47.6 Å². The van der Waals surface area contributed by atoms with Gasteiger partial charge in [0.25, 0.3) is 0 Å². The van der Waals surface area contributed by atoms with E-state index in [9.17, 15) is 4.79 Å². The SMILES string of the molecule is Cc1cc(CC2C=CC(OC(C)C)=NN2)n(C)c1C(=O)c1ccc(Cl)cc1. The lowest BCUT2D eigenvalue weighted by Crippen LogP contribution is -2.31. The van der Waals surface area contributed by atoms with E-state index >= 15 is 0 Å². The third kappa shape index (κ3) is 4.42. The number of hydrogen-bond acceptors (Lipinski definition) is 4. The van der Waals surface area contributed by atoms with E-state index in [2.05, 4.69) is 16.6 Å². The first kappa shape index (κ1) is 19.2. The van der Waals surface area contributed by atoms with E-state index in [1.165, 1.54) is 0 Å². The predicted octanol–water partition coefficient (Wildman–Crippen LogP) is 4.03. The van der Waals surface area contributed by atoms with E-state index in [0.717, 1.165) is 17.7 Å². The number of carbonyl (C=O) groups is 1. The molecule has 1 unspecified atom stereocenters. The predicted molar refractivity (Wildman–Crippen MR) is 108 cm³/mol. The summed E-state index contributed by atoms with van der Waals surface area (Å²) in [5.41, 5.74) is 6.46. The van der Waals surface area contributed by atoms with Crippen molar-refractivity contribution in [3.63, 3.8) is 0 Å². The number of nitrogens with one attached hydrogen (secondary N) is 1. The smallest absolute Gasteiger partial charge is 0.230 e. The third-order valence-corrected chi connectivity index (χ3v) is 4.69. The Balaban J connectivity index is 1.75. The zero-order chi connectivity index (χ0) is 19.6. The summed E-state index contributed by atoms with van der Waals surface area (Å²) >= 11 is 5.93. The summed E-state index contributed by atoms with van der Waals surface area (Å²) < 4.78 is 7.53. The maximum absolute atomic E-state index is 12.9. The molecule has 3 rings (SSSR count). The summed E-state index contributed by atoms with van der Waals surface area (Å²) in [6, 6.07) is 9.10. The van der Waals surface area contributed by atoms with Crippen LogP contribution in [0.2, 0.25) is 5.02 Å². The molecule has 0 saturated heterocycles. The van der Waals surface area contributed by atoms with Gasteiger partial charge in [-0.05, 0) is 62.7 Å². The summed E-state index contributed by atoms with van der Waals surface area (Å²) in [5, 5.41) is 4.88. The minimum atomic E-state index is -0.00398. The fourth-order valence-electron chi connectivity index (χ4n) is 3.16. The Morgan fingerprint density at radius 1 is 1.33 bits per heavy atom. The van der Waals surface area contributed by atoms with Crippen molar-refractivity contribution < 1.29 is 9.53 Å². The fraction of sp³-hybridized carbons (Fsp3) is 0.333. The molecule has 1 N–H and O–H groups in total. The van der Waals surface area contributed by atoms with Crippen LogP contribution in [0.4, 0.5) is 0 Å². The van der Waals surface area contributed by atoms with Crippen LogP contribution in [0.5, 0.6) is 0 Å². The van der Waals surface area contributed by atoms with Crippen molar-refractivity contribution in [2.75, 3.05) is 0 Å². The van der Waals surface area contributed by atoms with Gasteiger partial charge in [0.1, 0.15) is 0 Å². The van der Waals surface area contributed by atoms with Gasteiger partial charge in [0.05, 0.1) is 17.8 Å². The van der Waals surface area contributed by atoms with Crippen LogP contribution >= 0.6 is 11.6 Å². The van der Waals surface area contributed by atoms with Gasteiger partial charge in [-0.15, -0.1) is 5.10 Å². The first-order valence-electron chi connectivity index (χ1n) is 8.98. The molecular weight excluding hydrogens is 362 g/mol. The number of aryl methyl sites for hydroxylation is 1. The summed E-state index contributed by atoms with van der Waals surface area (Å²) in [5.74, 6) is 0.582. The van der Waals surface area contributed by atoms with Gasteiger partial charge in [-0.2, -0.15) is 0 Å². The van der Waals surface area contributed by atoms with Gasteiger partial charge in [0.15, 0.2) is 0 Å². The van der Waals surface area contributed by atoms with Crippen LogP contribution < -0.4 is 5.43 Å². The number of ether oxygens (including phenoxy) is 1. The van der Waals surface area contributed by atoms with E-state index in [0.29, 0.717) is 22.2 Å². The molecule has 0 bridgehead atoms. The Bertz CT molecular complexity index is 895. The highest BCUT2D eigenvalue weighted by atomic mass is 35.5. The summed E-state index contributed by atoms with van der Waals surface area (Å²) in [6.45, 7) is 5.90. The van der Waals surface area contributed by atoms with Crippen LogP contribution in [0.25, 0.3) is 0 Å². The number of aromatic nitrogens is 1. The van der Waals surface area contributed by atoms with Crippen molar-refractivity contribution in [1.82, 2.24) is 9.99 Å². The Hall–Kier alpha value is -2.53. The van der Waals surface area contributed by atoms with Gasteiger partial charge < -0.3 is 9.30 Å². The van der Waals surface area contributed by atoms with Gasteiger partial charge in [-0.25, -0.2) is 0 Å². The van der Waals surface area contributed by atoms with Crippen molar-refractivity contribution in [1.29, 1.82) is 0 Å². The average Bonchev–Trinajstić information content (AvgIpc) is 2.90. The molecule has 5 nitrogen and oxygen atoms in total. The molecule has 1 aliphatic rings. The van der Waals surface area contributed by atoms with E-state index in [1.807, 2.05) is 44.5 Å². The fourth-order valence-corrected chi connectivity index (χ4v) is 3.29. The highest BCUT2D eigenvalue weighted by Crippen LogP contribution is 2.21. The number of nitrogens with zero attached hydrogens (tertiary/aromatic N) is 2. The number of carbonyl (C=O) groups excluding carboxylic acids is 1. The van der Waals surface area contributed by atoms with Crippen LogP contribution in [0.3, 0.4) is 0 Å². The van der Waals surface area contributed by atoms with E-state index in [1.54, 1.807) is 24.3 Å². The van der Waals surface area contributed by atoms with Gasteiger partial charge >= 0.3 is 0 Å². The Labute approximate surface area is 164 Å². The zero-order valence-corrected chi connectivity index (χ0v) is 16.7. The molecule has 1 aromatic carbocycles. The van der Waals surface area contributed by atoms with E-state index < -0.39 is 0 Å². The van der Waals surface area contributed by atoms with E-state index in [4.69, 9.17) is 16.3 Å². The first-order valence-corrected chi connectivity index (χ1v) is 9.36. The van der Waals surface area contributed by atoms with Crippen LogP contribution in [0.1, 0.15) is 41.2 Å². The maximum Gasteiger partial charge on any atom is 0.230 e. The number of benzene rings is 1. The molecule has 0 saturated carbocycles. The second kappa shape index (κ2) is 8.01. The molecule has 0 radical (unpaired) electrons. The lowest BCUT2D eigenvalue weighted by atomic mass is 10.1. The van der Waals surface area contributed by atoms with Gasteiger partial charge in [-0.3, -0.25) is 10.2 Å². The zero-order valence-electron chi connectivity index (χ0n) is 16.0. The number of halogens is 1. The second-order valence-corrected chi connectivity index (χ2v) is 7.41. The van der Waals surface area contributed by atoms with Gasteiger partial charge in [0.2, 0.25) is 11.7 Å². The molecule has 0 spiro atoms.